The maximum Gasteiger partial charge on any atom is 0.372 e. The van der Waals surface area contributed by atoms with Crippen LogP contribution in [0.5, 0.6) is 0 Å². The SMILES string of the molecule is CN1CCc2c(nc(C(=O)O)n2C)C1. The summed E-state index contributed by atoms with van der Waals surface area (Å²) >= 11 is 0. The minimum Gasteiger partial charge on any atom is -0.475 e. The maximum atomic E-state index is 10.8. The maximum absolute atomic E-state index is 10.8. The van der Waals surface area contributed by atoms with Crippen molar-refractivity contribution in [3.63, 3.8) is 0 Å². The number of rotatable bonds is 1. The first-order chi connectivity index (χ1) is 6.59. The van der Waals surface area contributed by atoms with E-state index in [4.69, 9.17) is 5.11 Å². The Hall–Kier alpha value is -1.36. The van der Waals surface area contributed by atoms with E-state index in [-0.39, 0.29) is 5.82 Å². The normalized spacial score (nSPS) is 16.7. The van der Waals surface area contributed by atoms with Gasteiger partial charge in [0.15, 0.2) is 0 Å². The van der Waals surface area contributed by atoms with Crippen LogP contribution in [0.3, 0.4) is 0 Å². The Morgan fingerprint density at radius 1 is 1.50 bits per heavy atom. The lowest BCUT2D eigenvalue weighted by molar-refractivity contribution is 0.0679. The van der Waals surface area contributed by atoms with Gasteiger partial charge in [0.25, 0.3) is 0 Å². The van der Waals surface area contributed by atoms with Crippen LogP contribution in [0.15, 0.2) is 0 Å². The van der Waals surface area contributed by atoms with Crippen LogP contribution >= 0.6 is 0 Å². The van der Waals surface area contributed by atoms with Gasteiger partial charge in [-0.25, -0.2) is 9.78 Å². The number of carboxylic acid groups (broad SMARTS) is 1. The molecular weight excluding hydrogens is 182 g/mol. The average molecular weight is 195 g/mol. The van der Waals surface area contributed by atoms with E-state index in [1.165, 1.54) is 0 Å². The second-order valence-electron chi connectivity index (χ2n) is 3.68. The second kappa shape index (κ2) is 3.09. The van der Waals surface area contributed by atoms with Crippen molar-refractivity contribution in [3.8, 4) is 0 Å². The molecule has 0 saturated carbocycles. The molecule has 1 aliphatic rings. The highest BCUT2D eigenvalue weighted by Gasteiger charge is 2.23. The van der Waals surface area contributed by atoms with E-state index in [9.17, 15) is 4.79 Å². The Labute approximate surface area is 82.0 Å². The molecule has 1 aromatic heterocycles. The van der Waals surface area contributed by atoms with Crippen molar-refractivity contribution in [1.29, 1.82) is 0 Å². The molecule has 1 N–H and O–H groups in total. The quantitative estimate of drug-likeness (QED) is 0.690. The first-order valence-corrected chi connectivity index (χ1v) is 4.56. The number of hydrogen-bond acceptors (Lipinski definition) is 3. The average Bonchev–Trinajstić information content (AvgIpc) is 2.43. The minimum atomic E-state index is -0.954. The van der Waals surface area contributed by atoms with Crippen molar-refractivity contribution in [2.24, 2.45) is 7.05 Å². The molecule has 0 aromatic carbocycles. The molecule has 0 saturated heterocycles. The molecule has 5 heteroatoms. The third kappa shape index (κ3) is 1.29. The summed E-state index contributed by atoms with van der Waals surface area (Å²) in [4.78, 5) is 17.1. The number of imidazole rings is 1. The zero-order valence-electron chi connectivity index (χ0n) is 8.32. The topological polar surface area (TPSA) is 58.4 Å². The number of nitrogens with zero attached hydrogens (tertiary/aromatic N) is 3. The molecule has 0 amide bonds. The van der Waals surface area contributed by atoms with Gasteiger partial charge >= 0.3 is 5.97 Å². The van der Waals surface area contributed by atoms with Gasteiger partial charge in [0, 0.05) is 32.3 Å². The van der Waals surface area contributed by atoms with E-state index < -0.39 is 5.97 Å². The third-order valence-electron chi connectivity index (χ3n) is 2.64. The monoisotopic (exact) mass is 195 g/mol. The van der Waals surface area contributed by atoms with Crippen molar-refractivity contribution >= 4 is 5.97 Å². The first kappa shape index (κ1) is 9.21. The lowest BCUT2D eigenvalue weighted by Gasteiger charge is -2.21. The van der Waals surface area contributed by atoms with E-state index in [0.717, 1.165) is 30.9 Å². The number of aromatic nitrogens is 2. The van der Waals surface area contributed by atoms with E-state index in [0.29, 0.717) is 0 Å². The Morgan fingerprint density at radius 2 is 2.21 bits per heavy atom. The van der Waals surface area contributed by atoms with Gasteiger partial charge in [-0.15, -0.1) is 0 Å². The number of hydrogen-bond donors (Lipinski definition) is 1. The standard InChI is InChI=1S/C9H13N3O2/c1-11-4-3-7-6(5-11)10-8(9(13)14)12(7)2/h3-5H2,1-2H3,(H,13,14). The number of carboxylic acids is 1. The number of fused-ring (bicyclic) bond motifs is 1. The van der Waals surface area contributed by atoms with Crippen molar-refractivity contribution in [2.45, 2.75) is 13.0 Å². The molecule has 2 rings (SSSR count). The Balaban J connectivity index is 2.45. The molecule has 0 atom stereocenters. The van der Waals surface area contributed by atoms with Gasteiger partial charge in [0.05, 0.1) is 5.69 Å². The predicted molar refractivity (Wildman–Crippen MR) is 50.2 cm³/mol. The van der Waals surface area contributed by atoms with E-state index in [2.05, 4.69) is 9.88 Å². The van der Waals surface area contributed by atoms with E-state index in [1.54, 1.807) is 11.6 Å². The molecule has 0 unspecified atom stereocenters. The van der Waals surface area contributed by atoms with Crippen molar-refractivity contribution < 1.29 is 9.90 Å². The minimum absolute atomic E-state index is 0.144. The molecule has 76 valence electrons. The second-order valence-corrected chi connectivity index (χ2v) is 3.68. The summed E-state index contributed by atoms with van der Waals surface area (Å²) in [6, 6.07) is 0. The first-order valence-electron chi connectivity index (χ1n) is 4.56. The fourth-order valence-electron chi connectivity index (χ4n) is 1.85. The van der Waals surface area contributed by atoms with Gasteiger partial charge in [0.2, 0.25) is 5.82 Å². The summed E-state index contributed by atoms with van der Waals surface area (Å²) in [5, 5.41) is 8.88. The van der Waals surface area contributed by atoms with E-state index in [1.807, 2.05) is 7.05 Å². The van der Waals surface area contributed by atoms with Crippen molar-refractivity contribution in [3.05, 3.63) is 17.2 Å². The van der Waals surface area contributed by atoms with Gasteiger partial charge < -0.3 is 14.6 Å². The lowest BCUT2D eigenvalue weighted by atomic mass is 10.1. The Kier molecular flexibility index (Phi) is 2.03. The molecule has 0 bridgehead atoms. The highest BCUT2D eigenvalue weighted by atomic mass is 16.4. The van der Waals surface area contributed by atoms with Crippen molar-refractivity contribution in [1.82, 2.24) is 14.5 Å². The highest BCUT2D eigenvalue weighted by Crippen LogP contribution is 2.17. The smallest absolute Gasteiger partial charge is 0.372 e. The summed E-state index contributed by atoms with van der Waals surface area (Å²) in [5.41, 5.74) is 1.96. The van der Waals surface area contributed by atoms with Gasteiger partial charge in [-0.05, 0) is 7.05 Å². The fourth-order valence-corrected chi connectivity index (χ4v) is 1.85. The fraction of sp³-hybridized carbons (Fsp3) is 0.556. The molecule has 1 aliphatic heterocycles. The van der Waals surface area contributed by atoms with Crippen LogP contribution in [0, 0.1) is 0 Å². The summed E-state index contributed by atoms with van der Waals surface area (Å²) in [6.45, 7) is 1.71. The Morgan fingerprint density at radius 3 is 2.86 bits per heavy atom. The molecule has 5 nitrogen and oxygen atoms in total. The summed E-state index contributed by atoms with van der Waals surface area (Å²) in [6.07, 6.45) is 0.878. The largest absolute Gasteiger partial charge is 0.475 e. The third-order valence-corrected chi connectivity index (χ3v) is 2.64. The Bertz CT molecular complexity index is 384. The van der Waals surface area contributed by atoms with Crippen LogP contribution in [-0.4, -0.2) is 39.1 Å². The number of aromatic carboxylic acids is 1. The van der Waals surface area contributed by atoms with Crippen LogP contribution in [0.2, 0.25) is 0 Å². The molecule has 1 aromatic rings. The van der Waals surface area contributed by atoms with E-state index >= 15 is 0 Å². The zero-order chi connectivity index (χ0) is 10.3. The van der Waals surface area contributed by atoms with Crippen molar-refractivity contribution in [2.75, 3.05) is 13.6 Å². The van der Waals surface area contributed by atoms with Crippen LogP contribution in [0.1, 0.15) is 22.0 Å². The van der Waals surface area contributed by atoms with Gasteiger partial charge in [-0.1, -0.05) is 0 Å². The van der Waals surface area contributed by atoms with Crippen LogP contribution < -0.4 is 0 Å². The summed E-state index contributed by atoms with van der Waals surface area (Å²) in [5.74, 6) is -0.810. The summed E-state index contributed by atoms with van der Waals surface area (Å²) in [7, 11) is 3.78. The lowest BCUT2D eigenvalue weighted by Crippen LogP contribution is -2.27. The zero-order valence-corrected chi connectivity index (χ0v) is 8.32. The van der Waals surface area contributed by atoms with Crippen LogP contribution in [-0.2, 0) is 20.0 Å². The molecule has 0 radical (unpaired) electrons. The molecule has 0 spiro atoms. The molecular formula is C9H13N3O2. The molecule has 0 aliphatic carbocycles. The van der Waals surface area contributed by atoms with Gasteiger partial charge in [0.1, 0.15) is 0 Å². The molecule has 14 heavy (non-hydrogen) atoms. The summed E-state index contributed by atoms with van der Waals surface area (Å²) < 4.78 is 1.69. The number of likely N-dealkylation sites (N-methyl/N-ethyl adjacent to an activating group) is 1. The van der Waals surface area contributed by atoms with Crippen LogP contribution in [0.4, 0.5) is 0 Å². The molecule has 2 heterocycles. The van der Waals surface area contributed by atoms with Gasteiger partial charge in [-0.2, -0.15) is 0 Å². The van der Waals surface area contributed by atoms with Crippen LogP contribution in [0.25, 0.3) is 0 Å². The molecule has 0 fully saturated rings. The number of carbonyl (C=O) groups is 1. The predicted octanol–water partition coefficient (Wildman–Crippen LogP) is 0.106. The highest BCUT2D eigenvalue weighted by molar-refractivity contribution is 5.83. The van der Waals surface area contributed by atoms with Gasteiger partial charge in [-0.3, -0.25) is 0 Å².